The van der Waals surface area contributed by atoms with Crippen molar-refractivity contribution in [2.45, 2.75) is 25.8 Å². The Hall–Kier alpha value is -2.69. The number of fused-ring (bicyclic) bond motifs is 1. The van der Waals surface area contributed by atoms with Crippen molar-refractivity contribution in [3.05, 3.63) is 59.4 Å². The number of nitrogens with one attached hydrogen (secondary N) is 1. The molecular formula is C19H19N3O2. The number of anilines is 1. The van der Waals surface area contributed by atoms with Crippen molar-refractivity contribution in [3.8, 4) is 0 Å². The van der Waals surface area contributed by atoms with Crippen molar-refractivity contribution in [3.63, 3.8) is 0 Å². The second-order valence-electron chi connectivity index (χ2n) is 6.46. The molecule has 1 fully saturated rings. The standard InChI is InChI=1S/C19H19N3O2/c23-18(15-2-1-8-20-11-15)21-17-6-5-13-7-9-22(12-16(13)10-17)19(24)14-3-4-14/h1-2,5-6,8,10-11,14H,3-4,7,9,12H2,(H,21,23). The van der Waals surface area contributed by atoms with Gasteiger partial charge in [-0.25, -0.2) is 0 Å². The summed E-state index contributed by atoms with van der Waals surface area (Å²) < 4.78 is 0. The van der Waals surface area contributed by atoms with E-state index in [9.17, 15) is 9.59 Å². The number of benzene rings is 1. The van der Waals surface area contributed by atoms with Gasteiger partial charge in [0.2, 0.25) is 5.91 Å². The quantitative estimate of drug-likeness (QED) is 0.945. The number of rotatable bonds is 3. The maximum atomic E-state index is 12.3. The molecule has 2 amide bonds. The molecule has 4 rings (SSSR count). The Bertz CT molecular complexity index is 784. The maximum absolute atomic E-state index is 12.3. The summed E-state index contributed by atoms with van der Waals surface area (Å²) in [5.74, 6) is 0.357. The third kappa shape index (κ3) is 3.02. The lowest BCUT2D eigenvalue weighted by Gasteiger charge is -2.29. The highest BCUT2D eigenvalue weighted by Gasteiger charge is 2.34. The Labute approximate surface area is 140 Å². The van der Waals surface area contributed by atoms with Crippen LogP contribution in [0.1, 0.15) is 34.3 Å². The number of aromatic nitrogens is 1. The van der Waals surface area contributed by atoms with Gasteiger partial charge in [-0.1, -0.05) is 6.07 Å². The van der Waals surface area contributed by atoms with Crippen molar-refractivity contribution in [1.29, 1.82) is 0 Å². The summed E-state index contributed by atoms with van der Waals surface area (Å²) in [6.07, 6.45) is 6.13. The molecule has 1 aliphatic carbocycles. The molecule has 0 saturated heterocycles. The van der Waals surface area contributed by atoms with Gasteiger partial charge in [-0.15, -0.1) is 0 Å². The molecule has 0 radical (unpaired) electrons. The van der Waals surface area contributed by atoms with Crippen LogP contribution in [0.25, 0.3) is 0 Å². The second-order valence-corrected chi connectivity index (χ2v) is 6.46. The Morgan fingerprint density at radius 1 is 1.17 bits per heavy atom. The van der Waals surface area contributed by atoms with Crippen molar-refractivity contribution in [2.24, 2.45) is 5.92 Å². The minimum Gasteiger partial charge on any atom is -0.338 e. The van der Waals surface area contributed by atoms with Gasteiger partial charge in [-0.05, 0) is 54.7 Å². The molecule has 0 unspecified atom stereocenters. The van der Waals surface area contributed by atoms with Crippen LogP contribution in [-0.2, 0) is 17.8 Å². The smallest absolute Gasteiger partial charge is 0.257 e. The summed E-state index contributed by atoms with van der Waals surface area (Å²) in [5.41, 5.74) is 3.66. The second kappa shape index (κ2) is 6.07. The van der Waals surface area contributed by atoms with E-state index in [0.29, 0.717) is 12.1 Å². The SMILES string of the molecule is O=C(Nc1ccc2c(c1)CN(C(=O)C1CC1)CC2)c1cccnc1. The fraction of sp³-hybridized carbons (Fsp3) is 0.316. The molecule has 2 heterocycles. The summed E-state index contributed by atoms with van der Waals surface area (Å²) in [6, 6.07) is 9.43. The van der Waals surface area contributed by atoms with Crippen molar-refractivity contribution < 1.29 is 9.59 Å². The predicted octanol–water partition coefficient (Wildman–Crippen LogP) is 2.63. The molecule has 2 aliphatic rings. The number of nitrogens with zero attached hydrogens (tertiary/aromatic N) is 2. The molecule has 1 aromatic carbocycles. The molecule has 1 aliphatic heterocycles. The van der Waals surface area contributed by atoms with Gasteiger partial charge in [0.15, 0.2) is 0 Å². The van der Waals surface area contributed by atoms with Crippen molar-refractivity contribution >= 4 is 17.5 Å². The van der Waals surface area contributed by atoms with E-state index >= 15 is 0 Å². The molecular weight excluding hydrogens is 302 g/mol. The van der Waals surface area contributed by atoms with Crippen LogP contribution in [0.4, 0.5) is 5.69 Å². The largest absolute Gasteiger partial charge is 0.338 e. The van der Waals surface area contributed by atoms with Gasteiger partial charge < -0.3 is 10.2 Å². The maximum Gasteiger partial charge on any atom is 0.257 e. The molecule has 0 spiro atoms. The third-order valence-corrected chi connectivity index (χ3v) is 4.64. The minimum atomic E-state index is -0.176. The van der Waals surface area contributed by atoms with E-state index in [0.717, 1.165) is 37.1 Å². The average Bonchev–Trinajstić information content (AvgIpc) is 3.46. The first-order chi connectivity index (χ1) is 11.7. The van der Waals surface area contributed by atoms with E-state index in [-0.39, 0.29) is 17.7 Å². The molecule has 1 saturated carbocycles. The summed E-state index contributed by atoms with van der Waals surface area (Å²) in [5, 5.41) is 2.91. The van der Waals surface area contributed by atoms with Gasteiger partial charge in [-0.3, -0.25) is 14.6 Å². The van der Waals surface area contributed by atoms with E-state index < -0.39 is 0 Å². The van der Waals surface area contributed by atoms with Gasteiger partial charge in [0.25, 0.3) is 5.91 Å². The van der Waals surface area contributed by atoms with Gasteiger partial charge >= 0.3 is 0 Å². The van der Waals surface area contributed by atoms with Crippen LogP contribution in [0.5, 0.6) is 0 Å². The molecule has 0 bridgehead atoms. The van der Waals surface area contributed by atoms with Gasteiger partial charge in [0.1, 0.15) is 0 Å². The monoisotopic (exact) mass is 321 g/mol. The predicted molar refractivity (Wildman–Crippen MR) is 90.5 cm³/mol. The summed E-state index contributed by atoms with van der Waals surface area (Å²) in [6.45, 7) is 1.44. The first-order valence-electron chi connectivity index (χ1n) is 8.33. The topological polar surface area (TPSA) is 62.3 Å². The zero-order valence-corrected chi connectivity index (χ0v) is 13.4. The number of hydrogen-bond donors (Lipinski definition) is 1. The third-order valence-electron chi connectivity index (χ3n) is 4.64. The van der Waals surface area contributed by atoms with Gasteiger partial charge in [0, 0.05) is 37.1 Å². The van der Waals surface area contributed by atoms with E-state index in [2.05, 4.69) is 10.3 Å². The van der Waals surface area contributed by atoms with E-state index in [1.54, 1.807) is 24.5 Å². The van der Waals surface area contributed by atoms with E-state index in [1.165, 1.54) is 5.56 Å². The van der Waals surface area contributed by atoms with Crippen LogP contribution in [0.3, 0.4) is 0 Å². The molecule has 5 nitrogen and oxygen atoms in total. The fourth-order valence-electron chi connectivity index (χ4n) is 3.11. The van der Waals surface area contributed by atoms with E-state index in [1.807, 2.05) is 23.1 Å². The minimum absolute atomic E-state index is 0.176. The molecule has 1 aromatic heterocycles. The molecule has 24 heavy (non-hydrogen) atoms. The number of hydrogen-bond acceptors (Lipinski definition) is 3. The number of carbonyl (C=O) groups is 2. The summed E-state index contributed by atoms with van der Waals surface area (Å²) in [7, 11) is 0. The normalized spacial score (nSPS) is 16.4. The highest BCUT2D eigenvalue weighted by atomic mass is 16.2. The van der Waals surface area contributed by atoms with Crippen molar-refractivity contribution in [2.75, 3.05) is 11.9 Å². The number of amides is 2. The lowest BCUT2D eigenvalue weighted by Crippen LogP contribution is -2.36. The Morgan fingerprint density at radius 2 is 2.04 bits per heavy atom. The molecule has 2 aromatic rings. The van der Waals surface area contributed by atoms with Gasteiger partial charge in [0.05, 0.1) is 5.56 Å². The lowest BCUT2D eigenvalue weighted by atomic mass is 9.98. The van der Waals surface area contributed by atoms with Gasteiger partial charge in [-0.2, -0.15) is 0 Å². The Morgan fingerprint density at radius 3 is 2.79 bits per heavy atom. The lowest BCUT2D eigenvalue weighted by molar-refractivity contribution is -0.133. The van der Waals surface area contributed by atoms with E-state index in [4.69, 9.17) is 0 Å². The first kappa shape index (κ1) is 14.9. The zero-order chi connectivity index (χ0) is 16.5. The summed E-state index contributed by atoms with van der Waals surface area (Å²) >= 11 is 0. The van der Waals surface area contributed by atoms with Crippen LogP contribution >= 0.6 is 0 Å². The molecule has 5 heteroatoms. The van der Waals surface area contributed by atoms with Crippen LogP contribution < -0.4 is 5.32 Å². The van der Waals surface area contributed by atoms with Crippen LogP contribution in [0, 0.1) is 5.92 Å². The Balaban J connectivity index is 1.49. The average molecular weight is 321 g/mol. The first-order valence-corrected chi connectivity index (χ1v) is 8.33. The van der Waals surface area contributed by atoms with Crippen LogP contribution in [-0.4, -0.2) is 28.2 Å². The highest BCUT2D eigenvalue weighted by molar-refractivity contribution is 6.04. The number of pyridine rings is 1. The molecule has 0 atom stereocenters. The highest BCUT2D eigenvalue weighted by Crippen LogP contribution is 2.33. The zero-order valence-electron chi connectivity index (χ0n) is 13.4. The van der Waals surface area contributed by atoms with Crippen LogP contribution in [0.2, 0.25) is 0 Å². The molecule has 1 N–H and O–H groups in total. The van der Waals surface area contributed by atoms with Crippen LogP contribution in [0.15, 0.2) is 42.7 Å². The fourth-order valence-corrected chi connectivity index (χ4v) is 3.11. The summed E-state index contributed by atoms with van der Waals surface area (Å²) in [4.78, 5) is 30.4. The Kier molecular flexibility index (Phi) is 3.76. The van der Waals surface area contributed by atoms with Crippen molar-refractivity contribution in [1.82, 2.24) is 9.88 Å². The number of carbonyl (C=O) groups excluding carboxylic acids is 2. The molecule has 122 valence electrons.